The van der Waals surface area contributed by atoms with Crippen molar-refractivity contribution in [2.75, 3.05) is 25.0 Å². The fourth-order valence-electron chi connectivity index (χ4n) is 2.45. The highest BCUT2D eigenvalue weighted by molar-refractivity contribution is 9.10. The van der Waals surface area contributed by atoms with Crippen LogP contribution in [0.25, 0.3) is 0 Å². The Bertz CT molecular complexity index is 489. The summed E-state index contributed by atoms with van der Waals surface area (Å²) in [4.78, 5) is 16.4. The van der Waals surface area contributed by atoms with E-state index in [1.807, 2.05) is 31.3 Å². The number of hydrogen-bond acceptors (Lipinski definition) is 3. The normalized spacial score (nSPS) is 22.8. The molecule has 0 aromatic heterocycles. The molecule has 4 nitrogen and oxygen atoms in total. The van der Waals surface area contributed by atoms with Gasteiger partial charge in [0.05, 0.1) is 11.2 Å². The SMILES string of the molecule is CN1C(=O)C(CN)N(c2ccccc2Br)CC1(C)C. The molecule has 0 radical (unpaired) electrons. The van der Waals surface area contributed by atoms with Crippen LogP contribution in [0.2, 0.25) is 0 Å². The summed E-state index contributed by atoms with van der Waals surface area (Å²) in [6.45, 7) is 5.23. The third kappa shape index (κ3) is 2.49. The number of anilines is 1. The first-order valence-corrected chi connectivity index (χ1v) is 7.16. The molecule has 19 heavy (non-hydrogen) atoms. The maximum atomic E-state index is 12.5. The van der Waals surface area contributed by atoms with Crippen LogP contribution < -0.4 is 10.6 Å². The van der Waals surface area contributed by atoms with Gasteiger partial charge in [-0.25, -0.2) is 0 Å². The molecule has 1 amide bonds. The minimum absolute atomic E-state index is 0.0782. The van der Waals surface area contributed by atoms with E-state index < -0.39 is 0 Å². The van der Waals surface area contributed by atoms with Crippen LogP contribution in [0.5, 0.6) is 0 Å². The van der Waals surface area contributed by atoms with Gasteiger partial charge in [0.2, 0.25) is 5.91 Å². The highest BCUT2D eigenvalue weighted by Crippen LogP contribution is 2.33. The molecule has 1 aromatic carbocycles. The number of rotatable bonds is 2. The van der Waals surface area contributed by atoms with Gasteiger partial charge in [-0.05, 0) is 41.9 Å². The largest absolute Gasteiger partial charge is 0.355 e. The van der Waals surface area contributed by atoms with Gasteiger partial charge in [-0.15, -0.1) is 0 Å². The van der Waals surface area contributed by atoms with E-state index in [-0.39, 0.29) is 17.5 Å². The van der Waals surface area contributed by atoms with Crippen molar-refractivity contribution in [2.45, 2.75) is 25.4 Å². The standard InChI is InChI=1S/C14H20BrN3O/c1-14(2)9-18(11-7-5-4-6-10(11)15)12(8-16)13(19)17(14)3/h4-7,12H,8-9,16H2,1-3H3. The quantitative estimate of drug-likeness (QED) is 0.902. The van der Waals surface area contributed by atoms with Gasteiger partial charge in [-0.2, -0.15) is 0 Å². The van der Waals surface area contributed by atoms with Crippen LogP contribution in [-0.4, -0.2) is 42.5 Å². The number of para-hydroxylation sites is 1. The van der Waals surface area contributed by atoms with Crippen LogP contribution in [0.1, 0.15) is 13.8 Å². The summed E-state index contributed by atoms with van der Waals surface area (Å²) in [6.07, 6.45) is 0. The van der Waals surface area contributed by atoms with Gasteiger partial charge < -0.3 is 15.5 Å². The van der Waals surface area contributed by atoms with Crippen LogP contribution in [-0.2, 0) is 4.79 Å². The summed E-state index contributed by atoms with van der Waals surface area (Å²) < 4.78 is 0.988. The fourth-order valence-corrected chi connectivity index (χ4v) is 2.97. The Labute approximate surface area is 122 Å². The Balaban J connectivity index is 2.43. The minimum atomic E-state index is -0.295. The number of nitrogens with zero attached hydrogens (tertiary/aromatic N) is 2. The number of nitrogens with two attached hydrogens (primary N) is 1. The number of carbonyl (C=O) groups is 1. The highest BCUT2D eigenvalue weighted by Gasteiger charge is 2.42. The number of benzene rings is 1. The Morgan fingerprint density at radius 1 is 1.42 bits per heavy atom. The minimum Gasteiger partial charge on any atom is -0.355 e. The van der Waals surface area contributed by atoms with Crippen LogP contribution in [0, 0.1) is 0 Å². The van der Waals surface area contributed by atoms with Crippen LogP contribution in [0.15, 0.2) is 28.7 Å². The predicted molar refractivity (Wildman–Crippen MR) is 81.2 cm³/mol. The van der Waals surface area contributed by atoms with Crippen molar-refractivity contribution >= 4 is 27.5 Å². The molecular formula is C14H20BrN3O. The summed E-state index contributed by atoms with van der Waals surface area (Å²) >= 11 is 3.55. The number of hydrogen-bond donors (Lipinski definition) is 1. The van der Waals surface area contributed by atoms with Crippen LogP contribution in [0.3, 0.4) is 0 Å². The number of amides is 1. The van der Waals surface area contributed by atoms with E-state index >= 15 is 0 Å². The average molecular weight is 326 g/mol. The van der Waals surface area contributed by atoms with E-state index in [9.17, 15) is 4.79 Å². The molecule has 1 aliphatic rings. The second-order valence-corrected chi connectivity index (χ2v) is 6.39. The first kappa shape index (κ1) is 14.3. The molecule has 1 atom stereocenters. The van der Waals surface area contributed by atoms with Crippen molar-refractivity contribution in [2.24, 2.45) is 5.73 Å². The molecule has 2 N–H and O–H groups in total. The van der Waals surface area contributed by atoms with Crippen molar-refractivity contribution in [3.05, 3.63) is 28.7 Å². The van der Waals surface area contributed by atoms with Gasteiger partial charge >= 0.3 is 0 Å². The summed E-state index contributed by atoms with van der Waals surface area (Å²) in [6, 6.07) is 7.65. The molecule has 5 heteroatoms. The molecular weight excluding hydrogens is 306 g/mol. The summed E-state index contributed by atoms with van der Waals surface area (Å²) in [7, 11) is 1.85. The van der Waals surface area contributed by atoms with Crippen molar-refractivity contribution < 1.29 is 4.79 Å². The van der Waals surface area contributed by atoms with Crippen molar-refractivity contribution in [3.63, 3.8) is 0 Å². The van der Waals surface area contributed by atoms with Gasteiger partial charge in [0.25, 0.3) is 0 Å². The van der Waals surface area contributed by atoms with Crippen molar-refractivity contribution in [3.8, 4) is 0 Å². The Hall–Kier alpha value is -1.07. The van der Waals surface area contributed by atoms with Crippen LogP contribution in [0.4, 0.5) is 5.69 Å². The lowest BCUT2D eigenvalue weighted by Gasteiger charge is -2.50. The lowest BCUT2D eigenvalue weighted by Crippen LogP contribution is -2.67. The molecule has 2 rings (SSSR count). The van der Waals surface area contributed by atoms with Crippen molar-refractivity contribution in [1.29, 1.82) is 0 Å². The first-order valence-electron chi connectivity index (χ1n) is 6.37. The molecule has 1 heterocycles. The molecule has 1 aromatic rings. The van der Waals surface area contributed by atoms with E-state index in [0.717, 1.165) is 16.7 Å². The lowest BCUT2D eigenvalue weighted by atomic mass is 9.95. The first-order chi connectivity index (χ1) is 8.88. The summed E-state index contributed by atoms with van der Waals surface area (Å²) in [5.41, 5.74) is 6.63. The Morgan fingerprint density at radius 2 is 2.05 bits per heavy atom. The fraction of sp³-hybridized carbons (Fsp3) is 0.500. The maximum Gasteiger partial charge on any atom is 0.246 e. The zero-order chi connectivity index (χ0) is 14.2. The van der Waals surface area contributed by atoms with Gasteiger partial charge in [0.15, 0.2) is 0 Å². The lowest BCUT2D eigenvalue weighted by molar-refractivity contribution is -0.138. The molecule has 0 bridgehead atoms. The second kappa shape index (κ2) is 5.13. The van der Waals surface area contributed by atoms with Crippen molar-refractivity contribution in [1.82, 2.24) is 4.90 Å². The van der Waals surface area contributed by atoms with E-state index in [1.165, 1.54) is 0 Å². The molecule has 0 saturated carbocycles. The molecule has 1 aliphatic heterocycles. The van der Waals surface area contributed by atoms with E-state index in [1.54, 1.807) is 4.90 Å². The molecule has 0 aliphatic carbocycles. The third-order valence-electron chi connectivity index (χ3n) is 3.84. The number of halogens is 1. The smallest absolute Gasteiger partial charge is 0.246 e. The Morgan fingerprint density at radius 3 is 2.63 bits per heavy atom. The average Bonchev–Trinajstić information content (AvgIpc) is 2.36. The van der Waals surface area contributed by atoms with Gasteiger partial charge in [0, 0.05) is 24.6 Å². The summed E-state index contributed by atoms with van der Waals surface area (Å²) in [5, 5.41) is 0. The van der Waals surface area contributed by atoms with E-state index in [0.29, 0.717) is 6.54 Å². The zero-order valence-corrected chi connectivity index (χ0v) is 13.1. The topological polar surface area (TPSA) is 49.6 Å². The van der Waals surface area contributed by atoms with E-state index in [2.05, 4.69) is 34.7 Å². The predicted octanol–water partition coefficient (Wildman–Crippen LogP) is 1.83. The van der Waals surface area contributed by atoms with Crippen LogP contribution >= 0.6 is 15.9 Å². The molecule has 1 fully saturated rings. The monoisotopic (exact) mass is 325 g/mol. The third-order valence-corrected chi connectivity index (χ3v) is 4.51. The maximum absolute atomic E-state index is 12.5. The van der Waals surface area contributed by atoms with Gasteiger partial charge in [-0.3, -0.25) is 4.79 Å². The number of carbonyl (C=O) groups excluding carboxylic acids is 1. The molecule has 1 unspecified atom stereocenters. The highest BCUT2D eigenvalue weighted by atomic mass is 79.9. The molecule has 104 valence electrons. The van der Waals surface area contributed by atoms with E-state index in [4.69, 9.17) is 5.73 Å². The number of likely N-dealkylation sites (N-methyl/N-ethyl adjacent to an activating group) is 1. The summed E-state index contributed by atoms with van der Waals surface area (Å²) in [5.74, 6) is 0.0782. The molecule has 1 saturated heterocycles. The molecule has 0 spiro atoms. The number of piperazine rings is 1. The van der Waals surface area contributed by atoms with Gasteiger partial charge in [0.1, 0.15) is 6.04 Å². The van der Waals surface area contributed by atoms with Gasteiger partial charge in [-0.1, -0.05) is 12.1 Å². The second-order valence-electron chi connectivity index (χ2n) is 5.54. The Kier molecular flexibility index (Phi) is 3.87. The zero-order valence-electron chi connectivity index (χ0n) is 11.6.